The molecule has 126 valence electrons. The number of likely N-dealkylation sites (tertiary alicyclic amines) is 1. The van der Waals surface area contributed by atoms with E-state index in [4.69, 9.17) is 4.74 Å². The molecule has 3 fully saturated rings. The van der Waals surface area contributed by atoms with Crippen LogP contribution in [0.1, 0.15) is 37.7 Å². The Labute approximate surface area is 151 Å². The predicted molar refractivity (Wildman–Crippen MR) is 95.8 cm³/mol. The minimum Gasteiger partial charge on any atom is -0.359 e. The van der Waals surface area contributed by atoms with E-state index in [0.29, 0.717) is 11.9 Å². The fourth-order valence-corrected chi connectivity index (χ4v) is 6.02. The Kier molecular flexibility index (Phi) is 3.27. The topological polar surface area (TPSA) is 29.5 Å². The number of halogens is 1. The average molecular weight is 388 g/mol. The first-order valence-corrected chi connectivity index (χ1v) is 9.84. The van der Waals surface area contributed by atoms with E-state index in [1.807, 2.05) is 6.07 Å². The van der Waals surface area contributed by atoms with Gasteiger partial charge in [-0.15, -0.1) is 0 Å². The zero-order valence-corrected chi connectivity index (χ0v) is 15.3. The van der Waals surface area contributed by atoms with Crippen LogP contribution in [0.5, 0.6) is 0 Å². The van der Waals surface area contributed by atoms with E-state index in [1.165, 1.54) is 18.4 Å². The number of fused-ring (bicyclic) bond motifs is 1. The summed E-state index contributed by atoms with van der Waals surface area (Å²) in [6.07, 6.45) is 8.64. The van der Waals surface area contributed by atoms with E-state index >= 15 is 0 Å². The van der Waals surface area contributed by atoms with E-state index in [2.05, 4.69) is 51.2 Å². The van der Waals surface area contributed by atoms with E-state index in [1.54, 1.807) is 0 Å². The first-order valence-electron chi connectivity index (χ1n) is 9.05. The largest absolute Gasteiger partial charge is 0.359 e. The van der Waals surface area contributed by atoms with Gasteiger partial charge in [0.2, 0.25) is 5.91 Å². The summed E-state index contributed by atoms with van der Waals surface area (Å²) >= 11 is 3.67. The van der Waals surface area contributed by atoms with Crippen molar-refractivity contribution in [2.75, 3.05) is 6.54 Å². The molecule has 3 atom stereocenters. The van der Waals surface area contributed by atoms with Gasteiger partial charge in [-0.2, -0.15) is 0 Å². The Hall–Kier alpha value is -1.13. The van der Waals surface area contributed by atoms with Gasteiger partial charge in [0.25, 0.3) is 0 Å². The minimum atomic E-state index is -0.438. The molecule has 1 aliphatic carbocycles. The van der Waals surface area contributed by atoms with Crippen LogP contribution in [0.3, 0.4) is 0 Å². The number of hydrogen-bond donors (Lipinski definition) is 0. The summed E-state index contributed by atoms with van der Waals surface area (Å²) in [6, 6.07) is 10.8. The van der Waals surface area contributed by atoms with Gasteiger partial charge in [-0.1, -0.05) is 59.1 Å². The fraction of sp³-hybridized carbons (Fsp3) is 0.550. The lowest BCUT2D eigenvalue weighted by atomic mass is 9.66. The Balaban J connectivity index is 1.56. The number of ether oxygens (including phenoxy) is 1. The molecule has 4 aliphatic rings. The zero-order chi connectivity index (χ0) is 16.4. The highest BCUT2D eigenvalue weighted by atomic mass is 79.9. The summed E-state index contributed by atoms with van der Waals surface area (Å²) in [5.41, 5.74) is 0.379. The van der Waals surface area contributed by atoms with Crippen LogP contribution in [0.2, 0.25) is 0 Å². The molecule has 0 radical (unpaired) electrons. The summed E-state index contributed by atoms with van der Waals surface area (Å²) < 4.78 is 7.56. The van der Waals surface area contributed by atoms with Crippen molar-refractivity contribution >= 4 is 21.8 Å². The Morgan fingerprint density at radius 1 is 1.21 bits per heavy atom. The average Bonchev–Trinajstić information content (AvgIpc) is 3.30. The van der Waals surface area contributed by atoms with Gasteiger partial charge in [-0.25, -0.2) is 0 Å². The van der Waals surface area contributed by atoms with Crippen molar-refractivity contribution in [3.8, 4) is 0 Å². The van der Waals surface area contributed by atoms with Gasteiger partial charge in [0, 0.05) is 10.5 Å². The highest BCUT2D eigenvalue weighted by Gasteiger charge is 2.72. The maximum absolute atomic E-state index is 13.6. The first-order chi connectivity index (χ1) is 11.6. The molecular formula is C20H22BrNO2. The van der Waals surface area contributed by atoms with Gasteiger partial charge in [0.1, 0.15) is 5.60 Å². The van der Waals surface area contributed by atoms with Gasteiger partial charge in [0.05, 0.1) is 18.1 Å². The molecule has 1 aromatic carbocycles. The molecule has 1 aromatic rings. The molecule has 2 bridgehead atoms. The second-order valence-corrected chi connectivity index (χ2v) is 8.76. The monoisotopic (exact) mass is 387 g/mol. The normalized spacial score (nSPS) is 38.0. The highest BCUT2D eigenvalue weighted by Crippen LogP contribution is 2.61. The lowest BCUT2D eigenvalue weighted by Gasteiger charge is -2.34. The molecule has 4 heteroatoms. The lowest BCUT2D eigenvalue weighted by Crippen LogP contribution is -2.46. The third-order valence-electron chi connectivity index (χ3n) is 6.56. The van der Waals surface area contributed by atoms with Gasteiger partial charge in [0.15, 0.2) is 0 Å². The minimum absolute atomic E-state index is 0.0587. The molecule has 2 saturated heterocycles. The zero-order valence-electron chi connectivity index (χ0n) is 13.7. The maximum atomic E-state index is 13.6. The lowest BCUT2D eigenvalue weighted by molar-refractivity contribution is -0.138. The third-order valence-corrected chi connectivity index (χ3v) is 7.30. The number of hydrogen-bond acceptors (Lipinski definition) is 2. The molecule has 0 N–H and O–H groups in total. The highest BCUT2D eigenvalue weighted by molar-refractivity contribution is 9.11. The Bertz CT molecular complexity index is 712. The SMILES string of the molecule is O=C1N(C2CCCC2)C[C@]23C=C(Br)[C@H](C[C@@]12Cc1ccccc1)O3. The van der Waals surface area contributed by atoms with E-state index in [9.17, 15) is 4.79 Å². The van der Waals surface area contributed by atoms with Crippen LogP contribution in [0, 0.1) is 5.41 Å². The standard InChI is InChI=1S/C20H22BrNO2/c21-16-11-20-13-22(15-8-4-5-9-15)18(23)19(20,12-17(16)24-20)10-14-6-2-1-3-7-14/h1-3,6-7,11,15,17H,4-5,8-10,12-13H2/t17-,19-,20+/m0/s1. The molecular weight excluding hydrogens is 366 g/mol. The number of carbonyl (C=O) groups excluding carboxylic acids is 1. The van der Waals surface area contributed by atoms with Crippen molar-refractivity contribution in [2.45, 2.75) is 56.3 Å². The van der Waals surface area contributed by atoms with E-state index < -0.39 is 11.0 Å². The second kappa shape index (κ2) is 5.18. The fourth-order valence-electron chi connectivity index (χ4n) is 5.39. The summed E-state index contributed by atoms with van der Waals surface area (Å²) in [7, 11) is 0. The van der Waals surface area contributed by atoms with Crippen molar-refractivity contribution in [3.63, 3.8) is 0 Å². The molecule has 1 saturated carbocycles. The predicted octanol–water partition coefficient (Wildman–Crippen LogP) is 3.82. The molecule has 1 spiro atoms. The van der Waals surface area contributed by atoms with Gasteiger partial charge < -0.3 is 9.64 Å². The van der Waals surface area contributed by atoms with Gasteiger partial charge in [-0.05, 0) is 37.3 Å². The number of rotatable bonds is 3. The summed E-state index contributed by atoms with van der Waals surface area (Å²) in [6.45, 7) is 0.731. The molecule has 5 rings (SSSR count). The van der Waals surface area contributed by atoms with Crippen molar-refractivity contribution in [1.82, 2.24) is 4.90 Å². The van der Waals surface area contributed by atoms with Crippen LogP contribution in [-0.2, 0) is 16.0 Å². The second-order valence-electron chi connectivity index (χ2n) is 7.85. The smallest absolute Gasteiger partial charge is 0.232 e. The number of benzene rings is 1. The van der Waals surface area contributed by atoms with Crippen molar-refractivity contribution < 1.29 is 9.53 Å². The van der Waals surface area contributed by atoms with E-state index in [0.717, 1.165) is 36.7 Å². The molecule has 0 unspecified atom stereocenters. The molecule has 0 aromatic heterocycles. The third kappa shape index (κ3) is 1.90. The van der Waals surface area contributed by atoms with Crippen LogP contribution < -0.4 is 0 Å². The van der Waals surface area contributed by atoms with Crippen LogP contribution in [0.4, 0.5) is 0 Å². The molecule has 3 heterocycles. The number of amides is 1. The quantitative estimate of drug-likeness (QED) is 0.788. The van der Waals surface area contributed by atoms with E-state index in [-0.39, 0.29) is 6.10 Å². The van der Waals surface area contributed by atoms with Crippen molar-refractivity contribution in [3.05, 3.63) is 46.5 Å². The Morgan fingerprint density at radius 3 is 2.67 bits per heavy atom. The molecule has 1 amide bonds. The maximum Gasteiger partial charge on any atom is 0.232 e. The number of carbonyl (C=O) groups is 1. The number of nitrogens with zero attached hydrogens (tertiary/aromatic N) is 1. The molecule has 3 aliphatic heterocycles. The van der Waals surface area contributed by atoms with Crippen LogP contribution in [0.15, 0.2) is 40.9 Å². The van der Waals surface area contributed by atoms with Crippen LogP contribution in [0.25, 0.3) is 0 Å². The summed E-state index contributed by atoms with van der Waals surface area (Å²) in [5.74, 6) is 0.331. The van der Waals surface area contributed by atoms with Crippen molar-refractivity contribution in [2.24, 2.45) is 5.41 Å². The van der Waals surface area contributed by atoms with Gasteiger partial charge >= 0.3 is 0 Å². The van der Waals surface area contributed by atoms with Crippen LogP contribution >= 0.6 is 15.9 Å². The summed E-state index contributed by atoms with van der Waals surface area (Å²) in [4.78, 5) is 15.8. The molecule has 24 heavy (non-hydrogen) atoms. The summed E-state index contributed by atoms with van der Waals surface area (Å²) in [5, 5.41) is 0. The van der Waals surface area contributed by atoms with Gasteiger partial charge in [-0.3, -0.25) is 4.79 Å². The molecule has 3 nitrogen and oxygen atoms in total. The van der Waals surface area contributed by atoms with Crippen LogP contribution in [-0.4, -0.2) is 35.1 Å². The van der Waals surface area contributed by atoms with Crippen molar-refractivity contribution in [1.29, 1.82) is 0 Å². The Morgan fingerprint density at radius 2 is 1.96 bits per heavy atom. The first kappa shape index (κ1) is 15.2.